The van der Waals surface area contributed by atoms with Gasteiger partial charge in [-0.3, -0.25) is 0 Å². The van der Waals surface area contributed by atoms with Crippen LogP contribution in [0.15, 0.2) is 23.6 Å². The lowest BCUT2D eigenvalue weighted by molar-refractivity contribution is 0.415. The van der Waals surface area contributed by atoms with Crippen molar-refractivity contribution in [2.45, 2.75) is 13.0 Å². The van der Waals surface area contributed by atoms with Crippen molar-refractivity contribution in [1.82, 2.24) is 0 Å². The molecule has 2 rings (SSSR count). The summed E-state index contributed by atoms with van der Waals surface area (Å²) >= 11 is 1.73. The zero-order valence-electron chi connectivity index (χ0n) is 8.28. The second-order valence-corrected chi connectivity index (χ2v) is 4.25. The molecule has 0 aliphatic rings. The number of methoxy groups -OCH3 is 1. The molecule has 1 atom stereocenters. The summed E-state index contributed by atoms with van der Waals surface area (Å²) in [7, 11) is 1.68. The molecule has 0 saturated carbocycles. The summed E-state index contributed by atoms with van der Waals surface area (Å²) in [4.78, 5) is 0. The van der Waals surface area contributed by atoms with E-state index in [-0.39, 0.29) is 6.04 Å². The fourth-order valence-corrected chi connectivity index (χ4v) is 2.55. The van der Waals surface area contributed by atoms with Crippen LogP contribution >= 0.6 is 11.3 Å². The van der Waals surface area contributed by atoms with Gasteiger partial charge in [-0.05, 0) is 36.1 Å². The first-order valence-corrected chi connectivity index (χ1v) is 5.41. The van der Waals surface area contributed by atoms with Gasteiger partial charge in [0.1, 0.15) is 5.75 Å². The largest absolute Gasteiger partial charge is 0.497 e. The minimum absolute atomic E-state index is 0.0795. The van der Waals surface area contributed by atoms with Crippen LogP contribution in [0.4, 0.5) is 0 Å². The molecule has 1 unspecified atom stereocenters. The average molecular weight is 207 g/mol. The normalized spacial score (nSPS) is 13.1. The van der Waals surface area contributed by atoms with E-state index in [4.69, 9.17) is 10.5 Å². The van der Waals surface area contributed by atoms with E-state index in [0.29, 0.717) is 0 Å². The molecule has 0 aliphatic heterocycles. The van der Waals surface area contributed by atoms with Crippen LogP contribution in [0.3, 0.4) is 0 Å². The van der Waals surface area contributed by atoms with Crippen molar-refractivity contribution >= 4 is 21.4 Å². The van der Waals surface area contributed by atoms with Gasteiger partial charge < -0.3 is 10.5 Å². The van der Waals surface area contributed by atoms with Crippen LogP contribution in [0.2, 0.25) is 0 Å². The molecule has 0 aliphatic carbocycles. The van der Waals surface area contributed by atoms with E-state index in [1.165, 1.54) is 15.6 Å². The van der Waals surface area contributed by atoms with Gasteiger partial charge in [-0.1, -0.05) is 0 Å². The van der Waals surface area contributed by atoms with Crippen LogP contribution < -0.4 is 10.5 Å². The van der Waals surface area contributed by atoms with Crippen molar-refractivity contribution in [2.24, 2.45) is 5.73 Å². The van der Waals surface area contributed by atoms with Crippen molar-refractivity contribution in [3.8, 4) is 5.75 Å². The van der Waals surface area contributed by atoms with E-state index in [1.807, 2.05) is 19.1 Å². The van der Waals surface area contributed by atoms with E-state index in [1.54, 1.807) is 18.4 Å². The Morgan fingerprint density at radius 1 is 1.43 bits per heavy atom. The molecule has 74 valence electrons. The molecule has 0 saturated heterocycles. The Morgan fingerprint density at radius 3 is 2.86 bits per heavy atom. The van der Waals surface area contributed by atoms with Crippen molar-refractivity contribution < 1.29 is 4.74 Å². The fourth-order valence-electron chi connectivity index (χ4n) is 1.51. The topological polar surface area (TPSA) is 35.2 Å². The second-order valence-electron chi connectivity index (χ2n) is 3.34. The van der Waals surface area contributed by atoms with Crippen LogP contribution in [-0.2, 0) is 0 Å². The summed E-state index contributed by atoms with van der Waals surface area (Å²) in [5.74, 6) is 0.887. The van der Waals surface area contributed by atoms with Gasteiger partial charge in [0.05, 0.1) is 7.11 Å². The Hall–Kier alpha value is -1.06. The molecule has 0 radical (unpaired) electrons. The summed E-state index contributed by atoms with van der Waals surface area (Å²) in [5.41, 5.74) is 7.08. The molecule has 14 heavy (non-hydrogen) atoms. The highest BCUT2D eigenvalue weighted by atomic mass is 32.1. The first kappa shape index (κ1) is 9.49. The Bertz CT molecular complexity index is 447. The number of rotatable bonds is 2. The highest BCUT2D eigenvalue weighted by molar-refractivity contribution is 7.17. The molecule has 2 aromatic rings. The van der Waals surface area contributed by atoms with Gasteiger partial charge in [-0.15, -0.1) is 11.3 Å². The van der Waals surface area contributed by atoms with Gasteiger partial charge in [0.2, 0.25) is 0 Å². The maximum absolute atomic E-state index is 5.88. The number of fused-ring (bicyclic) bond motifs is 1. The second kappa shape index (κ2) is 3.59. The number of hydrogen-bond acceptors (Lipinski definition) is 3. The molecule has 3 heteroatoms. The van der Waals surface area contributed by atoms with Gasteiger partial charge in [-0.2, -0.15) is 0 Å². The standard InChI is InChI=1S/C11H13NOS/c1-7(12)10-6-14-11-4-3-8(13-2)5-9(10)11/h3-7H,12H2,1-2H3. The van der Waals surface area contributed by atoms with Crippen molar-refractivity contribution in [2.75, 3.05) is 7.11 Å². The van der Waals surface area contributed by atoms with E-state index < -0.39 is 0 Å². The van der Waals surface area contributed by atoms with Crippen molar-refractivity contribution in [1.29, 1.82) is 0 Å². The van der Waals surface area contributed by atoms with E-state index >= 15 is 0 Å². The molecule has 0 fully saturated rings. The Kier molecular flexibility index (Phi) is 2.44. The fraction of sp³-hybridized carbons (Fsp3) is 0.273. The quantitative estimate of drug-likeness (QED) is 0.821. The number of thiophene rings is 1. The smallest absolute Gasteiger partial charge is 0.119 e. The minimum atomic E-state index is 0.0795. The summed E-state index contributed by atoms with van der Waals surface area (Å²) in [6.45, 7) is 2.00. The summed E-state index contributed by atoms with van der Waals surface area (Å²) in [6, 6.07) is 6.18. The van der Waals surface area contributed by atoms with Crippen LogP contribution in [0.25, 0.3) is 10.1 Å². The zero-order valence-corrected chi connectivity index (χ0v) is 9.10. The molecule has 1 heterocycles. The molecule has 1 aromatic carbocycles. The third-order valence-corrected chi connectivity index (χ3v) is 3.28. The molecular formula is C11H13NOS. The maximum Gasteiger partial charge on any atom is 0.119 e. The molecule has 0 amide bonds. The average Bonchev–Trinajstić information content (AvgIpc) is 2.59. The third kappa shape index (κ3) is 1.49. The van der Waals surface area contributed by atoms with E-state index in [0.717, 1.165) is 5.75 Å². The predicted octanol–water partition coefficient (Wildman–Crippen LogP) is 2.93. The zero-order chi connectivity index (χ0) is 10.1. The molecule has 2 nitrogen and oxygen atoms in total. The Morgan fingerprint density at radius 2 is 2.21 bits per heavy atom. The van der Waals surface area contributed by atoms with Crippen molar-refractivity contribution in [3.63, 3.8) is 0 Å². The highest BCUT2D eigenvalue weighted by Gasteiger charge is 2.08. The lowest BCUT2D eigenvalue weighted by atomic mass is 10.1. The first-order valence-electron chi connectivity index (χ1n) is 4.53. The number of nitrogens with two attached hydrogens (primary N) is 1. The van der Waals surface area contributed by atoms with Crippen LogP contribution in [0.1, 0.15) is 18.5 Å². The monoisotopic (exact) mass is 207 g/mol. The van der Waals surface area contributed by atoms with Crippen LogP contribution in [0, 0.1) is 0 Å². The summed E-state index contributed by atoms with van der Waals surface area (Å²) in [6.07, 6.45) is 0. The Labute approximate surface area is 87.3 Å². The third-order valence-electron chi connectivity index (χ3n) is 2.30. The number of ether oxygens (including phenoxy) is 1. The summed E-state index contributed by atoms with van der Waals surface area (Å²) in [5, 5.41) is 3.33. The summed E-state index contributed by atoms with van der Waals surface area (Å²) < 4.78 is 6.45. The lowest BCUT2D eigenvalue weighted by Crippen LogP contribution is -2.03. The molecular weight excluding hydrogens is 194 g/mol. The molecule has 2 N–H and O–H groups in total. The van der Waals surface area contributed by atoms with Crippen LogP contribution in [-0.4, -0.2) is 7.11 Å². The van der Waals surface area contributed by atoms with E-state index in [9.17, 15) is 0 Å². The van der Waals surface area contributed by atoms with Gasteiger partial charge in [0, 0.05) is 16.1 Å². The van der Waals surface area contributed by atoms with Gasteiger partial charge >= 0.3 is 0 Å². The minimum Gasteiger partial charge on any atom is -0.497 e. The predicted molar refractivity (Wildman–Crippen MR) is 61.0 cm³/mol. The molecule has 0 spiro atoms. The number of benzene rings is 1. The molecule has 1 aromatic heterocycles. The van der Waals surface area contributed by atoms with Gasteiger partial charge in [0.15, 0.2) is 0 Å². The Balaban J connectivity index is 2.63. The first-order chi connectivity index (χ1) is 6.72. The number of hydrogen-bond donors (Lipinski definition) is 1. The highest BCUT2D eigenvalue weighted by Crippen LogP contribution is 2.31. The van der Waals surface area contributed by atoms with Gasteiger partial charge in [0.25, 0.3) is 0 Å². The SMILES string of the molecule is COc1ccc2scc(C(C)N)c2c1. The van der Waals surface area contributed by atoms with Crippen LogP contribution in [0.5, 0.6) is 5.75 Å². The maximum atomic E-state index is 5.88. The van der Waals surface area contributed by atoms with Crippen molar-refractivity contribution in [3.05, 3.63) is 29.1 Å². The van der Waals surface area contributed by atoms with E-state index in [2.05, 4.69) is 11.4 Å². The van der Waals surface area contributed by atoms with Gasteiger partial charge in [-0.25, -0.2) is 0 Å². The molecule has 0 bridgehead atoms. The lowest BCUT2D eigenvalue weighted by Gasteiger charge is -2.04.